The number of nitrogen functional groups attached to an aromatic ring is 2. The second-order valence-corrected chi connectivity index (χ2v) is 5.28. The van der Waals surface area contributed by atoms with E-state index >= 15 is 0 Å². The highest BCUT2D eigenvalue weighted by Gasteiger charge is 2.19. The molecule has 3 aromatic rings. The summed E-state index contributed by atoms with van der Waals surface area (Å²) in [7, 11) is 0. The molecule has 0 spiro atoms. The molecule has 4 N–H and O–H groups in total. The minimum Gasteiger partial charge on any atom is -0.396 e. The Morgan fingerprint density at radius 2 is 1.77 bits per heavy atom. The number of hydrogen-bond acceptors (Lipinski definition) is 7. The maximum atomic E-state index is 11.6. The molecule has 1 amide bonds. The molecule has 126 valence electrons. The van der Waals surface area contributed by atoms with Gasteiger partial charge in [-0.1, -0.05) is 18.2 Å². The molecule has 9 nitrogen and oxygen atoms in total. The highest BCUT2D eigenvalue weighted by molar-refractivity contribution is 5.95. The van der Waals surface area contributed by atoms with E-state index in [-0.39, 0.29) is 39.2 Å². The quantitative estimate of drug-likeness (QED) is 0.659. The summed E-state index contributed by atoms with van der Waals surface area (Å²) in [5, 5.41) is 23.3. The van der Waals surface area contributed by atoms with Crippen LogP contribution in [0.3, 0.4) is 0 Å². The average Bonchev–Trinajstić information content (AvgIpc) is 2.62. The molecule has 26 heavy (non-hydrogen) atoms. The van der Waals surface area contributed by atoms with Gasteiger partial charge in [-0.15, -0.1) is 0 Å². The van der Waals surface area contributed by atoms with Crippen LogP contribution in [0.4, 0.5) is 11.5 Å². The summed E-state index contributed by atoms with van der Waals surface area (Å²) in [5.41, 5.74) is 12.5. The summed E-state index contributed by atoms with van der Waals surface area (Å²) >= 11 is 0. The molecule has 1 aromatic carbocycles. The third-order valence-corrected chi connectivity index (χ3v) is 3.59. The van der Waals surface area contributed by atoms with Crippen molar-refractivity contribution in [2.75, 3.05) is 11.5 Å². The van der Waals surface area contributed by atoms with E-state index < -0.39 is 5.91 Å². The number of carbonyl (C=O) groups excluding carboxylic acids is 1. The molecule has 0 saturated heterocycles. The standard InChI is InChI=1S/C17H12N8O/c1-9(26)22-17-12(8-19)14-15(13(20)11(7-18)16(21)23-14)24-25(17)10-5-3-2-4-6-10/h2-6H,20H2,1H3,(H2,21,23). The van der Waals surface area contributed by atoms with Gasteiger partial charge in [-0.2, -0.15) is 20.6 Å². The Morgan fingerprint density at radius 1 is 1.12 bits per heavy atom. The Labute approximate surface area is 147 Å². The van der Waals surface area contributed by atoms with Gasteiger partial charge >= 0.3 is 0 Å². The second kappa shape index (κ2) is 6.34. The van der Waals surface area contributed by atoms with Crippen molar-refractivity contribution in [2.24, 2.45) is 4.99 Å². The van der Waals surface area contributed by atoms with Crippen molar-refractivity contribution in [2.45, 2.75) is 6.92 Å². The SMILES string of the molecule is CC(=O)N=c1c(C#N)c2nc(N)c(C#N)c(N)c2nn1-c1ccccc1. The summed E-state index contributed by atoms with van der Waals surface area (Å²) in [4.78, 5) is 19.6. The Balaban J connectivity index is 2.61. The van der Waals surface area contributed by atoms with Gasteiger partial charge < -0.3 is 11.5 Å². The van der Waals surface area contributed by atoms with Crippen LogP contribution in [0.2, 0.25) is 0 Å². The summed E-state index contributed by atoms with van der Waals surface area (Å²) in [5.74, 6) is -0.635. The van der Waals surface area contributed by atoms with Crippen molar-refractivity contribution in [3.63, 3.8) is 0 Å². The summed E-state index contributed by atoms with van der Waals surface area (Å²) in [6.07, 6.45) is 0. The molecule has 0 aliphatic carbocycles. The number of benzene rings is 1. The zero-order valence-corrected chi connectivity index (χ0v) is 13.6. The van der Waals surface area contributed by atoms with Crippen LogP contribution in [0.25, 0.3) is 16.7 Å². The molecular formula is C17H12N8O. The van der Waals surface area contributed by atoms with Gasteiger partial charge in [0.25, 0.3) is 0 Å². The first kappa shape index (κ1) is 16.6. The highest BCUT2D eigenvalue weighted by atomic mass is 16.1. The number of amides is 1. The molecule has 0 unspecified atom stereocenters. The van der Waals surface area contributed by atoms with E-state index in [2.05, 4.69) is 15.1 Å². The number of anilines is 2. The number of para-hydroxylation sites is 1. The fraction of sp³-hybridized carbons (Fsp3) is 0.0588. The van der Waals surface area contributed by atoms with Gasteiger partial charge in [-0.3, -0.25) is 4.79 Å². The maximum absolute atomic E-state index is 11.6. The lowest BCUT2D eigenvalue weighted by atomic mass is 10.1. The average molecular weight is 344 g/mol. The van der Waals surface area contributed by atoms with E-state index in [0.29, 0.717) is 5.69 Å². The Bertz CT molecular complexity index is 1200. The van der Waals surface area contributed by atoms with E-state index in [1.165, 1.54) is 11.6 Å². The van der Waals surface area contributed by atoms with Crippen LogP contribution >= 0.6 is 0 Å². The van der Waals surface area contributed by atoms with E-state index in [4.69, 9.17) is 11.5 Å². The van der Waals surface area contributed by atoms with Gasteiger partial charge in [0.15, 0.2) is 5.49 Å². The maximum Gasteiger partial charge on any atom is 0.244 e. The highest BCUT2D eigenvalue weighted by Crippen LogP contribution is 2.26. The molecule has 0 bridgehead atoms. The third-order valence-electron chi connectivity index (χ3n) is 3.59. The first-order valence-electron chi connectivity index (χ1n) is 7.40. The molecule has 9 heteroatoms. The molecule has 2 heterocycles. The predicted octanol–water partition coefficient (Wildman–Crippen LogP) is 0.775. The van der Waals surface area contributed by atoms with Gasteiger partial charge in [0.2, 0.25) is 5.91 Å². The van der Waals surface area contributed by atoms with E-state index in [0.717, 1.165) is 0 Å². The van der Waals surface area contributed by atoms with Gasteiger partial charge in [-0.05, 0) is 12.1 Å². The molecule has 0 aliphatic heterocycles. The number of nitriles is 2. The molecular weight excluding hydrogens is 332 g/mol. The van der Waals surface area contributed by atoms with Crippen molar-refractivity contribution in [3.05, 3.63) is 46.9 Å². The molecule has 0 saturated carbocycles. The van der Waals surface area contributed by atoms with Crippen LogP contribution in [-0.4, -0.2) is 20.7 Å². The van der Waals surface area contributed by atoms with Crippen LogP contribution in [0.15, 0.2) is 35.3 Å². The summed E-state index contributed by atoms with van der Waals surface area (Å²) in [6.45, 7) is 1.26. The number of carbonyl (C=O) groups is 1. The zero-order valence-electron chi connectivity index (χ0n) is 13.6. The second-order valence-electron chi connectivity index (χ2n) is 5.28. The van der Waals surface area contributed by atoms with Crippen molar-refractivity contribution in [3.8, 4) is 17.8 Å². The lowest BCUT2D eigenvalue weighted by molar-refractivity contribution is -0.116. The number of hydrogen-bond donors (Lipinski definition) is 2. The number of pyridine rings is 1. The number of aromatic nitrogens is 3. The smallest absolute Gasteiger partial charge is 0.244 e. The number of nitrogens with two attached hydrogens (primary N) is 2. The monoisotopic (exact) mass is 344 g/mol. The third kappa shape index (κ3) is 2.60. The minimum absolute atomic E-state index is 0.00514. The predicted molar refractivity (Wildman–Crippen MR) is 93.4 cm³/mol. The van der Waals surface area contributed by atoms with Gasteiger partial charge in [0.05, 0.1) is 11.4 Å². The zero-order chi connectivity index (χ0) is 18.8. The summed E-state index contributed by atoms with van der Waals surface area (Å²) in [6, 6.07) is 12.7. The van der Waals surface area contributed by atoms with Crippen LogP contribution < -0.4 is 17.0 Å². The van der Waals surface area contributed by atoms with Gasteiger partial charge in [0.1, 0.15) is 40.1 Å². The summed E-state index contributed by atoms with van der Waals surface area (Å²) < 4.78 is 1.32. The minimum atomic E-state index is -0.512. The van der Waals surface area contributed by atoms with E-state index in [9.17, 15) is 15.3 Å². The molecule has 0 aliphatic rings. The number of fused-ring (bicyclic) bond motifs is 1. The van der Waals surface area contributed by atoms with Crippen LogP contribution in [0, 0.1) is 22.7 Å². The van der Waals surface area contributed by atoms with Crippen LogP contribution in [0.5, 0.6) is 0 Å². The molecule has 0 fully saturated rings. The van der Waals surface area contributed by atoms with E-state index in [1.807, 2.05) is 18.2 Å². The van der Waals surface area contributed by atoms with E-state index in [1.54, 1.807) is 24.3 Å². The lowest BCUT2D eigenvalue weighted by Gasteiger charge is -2.12. The largest absolute Gasteiger partial charge is 0.396 e. The van der Waals surface area contributed by atoms with Crippen molar-refractivity contribution in [1.29, 1.82) is 10.5 Å². The van der Waals surface area contributed by atoms with Crippen molar-refractivity contribution >= 4 is 28.4 Å². The van der Waals surface area contributed by atoms with Gasteiger partial charge in [-0.25, -0.2) is 9.67 Å². The Morgan fingerprint density at radius 3 is 2.35 bits per heavy atom. The van der Waals surface area contributed by atoms with Crippen molar-refractivity contribution < 1.29 is 4.79 Å². The fourth-order valence-electron chi connectivity index (χ4n) is 2.47. The first-order chi connectivity index (χ1) is 12.5. The fourth-order valence-corrected chi connectivity index (χ4v) is 2.47. The first-order valence-corrected chi connectivity index (χ1v) is 7.40. The van der Waals surface area contributed by atoms with Crippen LogP contribution in [0.1, 0.15) is 18.1 Å². The van der Waals surface area contributed by atoms with Crippen molar-refractivity contribution in [1.82, 2.24) is 14.8 Å². The Hall–Kier alpha value is -4.24. The van der Waals surface area contributed by atoms with Crippen LogP contribution in [-0.2, 0) is 4.79 Å². The normalized spacial score (nSPS) is 11.1. The number of rotatable bonds is 1. The molecule has 0 radical (unpaired) electrons. The Kier molecular flexibility index (Phi) is 4.05. The lowest BCUT2D eigenvalue weighted by Crippen LogP contribution is -2.27. The van der Waals surface area contributed by atoms with Gasteiger partial charge in [0, 0.05) is 6.92 Å². The number of nitrogens with zero attached hydrogens (tertiary/aromatic N) is 6. The topological polar surface area (TPSA) is 160 Å². The molecule has 2 aromatic heterocycles. The molecule has 3 rings (SSSR count). The molecule has 0 atom stereocenters.